The third-order valence-electron chi connectivity index (χ3n) is 2.51. The zero-order valence-electron chi connectivity index (χ0n) is 11.2. The van der Waals surface area contributed by atoms with Gasteiger partial charge in [0.15, 0.2) is 11.0 Å². The first-order chi connectivity index (χ1) is 9.65. The third kappa shape index (κ3) is 3.14. The Morgan fingerprint density at radius 3 is 3.00 bits per heavy atom. The predicted octanol–water partition coefficient (Wildman–Crippen LogP) is -0.649. The molecule has 0 aliphatic carbocycles. The molecular weight excluding hydrogens is 282 g/mol. The van der Waals surface area contributed by atoms with Crippen LogP contribution in [0, 0.1) is 0 Å². The number of nitrogens with zero attached hydrogens (tertiary/aromatic N) is 5. The summed E-state index contributed by atoms with van der Waals surface area (Å²) in [6.45, 7) is 0.525. The summed E-state index contributed by atoms with van der Waals surface area (Å²) in [5.74, 6) is 1.24. The standard InChI is InChI=1S/C10H15N7O2S/c1-12-8(18)9-13-6(16-19-9)5-20-10-15-14-7(3-4-11)17(10)2/h3-5,11H2,1-2H3,(H,12,18). The molecule has 0 unspecified atom stereocenters. The number of carbonyl (C=O) groups is 1. The van der Waals surface area contributed by atoms with E-state index in [1.54, 1.807) is 0 Å². The van der Waals surface area contributed by atoms with E-state index >= 15 is 0 Å². The minimum atomic E-state index is -0.405. The highest BCUT2D eigenvalue weighted by molar-refractivity contribution is 7.98. The van der Waals surface area contributed by atoms with Crippen LogP contribution in [0.1, 0.15) is 22.3 Å². The normalized spacial score (nSPS) is 10.8. The summed E-state index contributed by atoms with van der Waals surface area (Å²) in [6.07, 6.45) is 0.674. The van der Waals surface area contributed by atoms with Gasteiger partial charge in [0.2, 0.25) is 0 Å². The fourth-order valence-corrected chi connectivity index (χ4v) is 2.23. The maximum Gasteiger partial charge on any atom is 0.315 e. The van der Waals surface area contributed by atoms with Crippen molar-refractivity contribution in [1.29, 1.82) is 0 Å². The largest absolute Gasteiger partial charge is 0.351 e. The second-order valence-corrected chi connectivity index (χ2v) is 4.82. The van der Waals surface area contributed by atoms with E-state index in [0.29, 0.717) is 24.5 Å². The van der Waals surface area contributed by atoms with E-state index in [9.17, 15) is 4.79 Å². The first-order valence-electron chi connectivity index (χ1n) is 5.91. The van der Waals surface area contributed by atoms with Crippen LogP contribution >= 0.6 is 11.8 Å². The highest BCUT2D eigenvalue weighted by atomic mass is 32.2. The minimum absolute atomic E-state index is 0.0510. The number of nitrogens with two attached hydrogens (primary N) is 1. The van der Waals surface area contributed by atoms with Crippen molar-refractivity contribution in [2.45, 2.75) is 17.3 Å². The summed E-state index contributed by atoms with van der Waals surface area (Å²) in [5, 5.41) is 15.0. The van der Waals surface area contributed by atoms with Crippen molar-refractivity contribution in [2.75, 3.05) is 13.6 Å². The van der Waals surface area contributed by atoms with Crippen LogP contribution in [0.4, 0.5) is 0 Å². The van der Waals surface area contributed by atoms with Gasteiger partial charge >= 0.3 is 11.8 Å². The number of hydrogen-bond donors (Lipinski definition) is 2. The van der Waals surface area contributed by atoms with Crippen LogP contribution in [0.2, 0.25) is 0 Å². The summed E-state index contributed by atoms with van der Waals surface area (Å²) in [6, 6.07) is 0. The molecular formula is C10H15N7O2S. The highest BCUT2D eigenvalue weighted by Crippen LogP contribution is 2.19. The molecule has 0 atom stereocenters. The molecule has 0 bridgehead atoms. The Morgan fingerprint density at radius 2 is 2.30 bits per heavy atom. The average molecular weight is 297 g/mol. The van der Waals surface area contributed by atoms with Gasteiger partial charge in [0.25, 0.3) is 0 Å². The van der Waals surface area contributed by atoms with Crippen molar-refractivity contribution < 1.29 is 9.32 Å². The second-order valence-electron chi connectivity index (χ2n) is 3.88. The second kappa shape index (κ2) is 6.48. The first kappa shape index (κ1) is 14.5. The molecule has 9 nitrogen and oxygen atoms in total. The number of carbonyl (C=O) groups excluding carboxylic acids is 1. The fourth-order valence-electron chi connectivity index (χ4n) is 1.46. The number of amides is 1. The Morgan fingerprint density at radius 1 is 1.50 bits per heavy atom. The van der Waals surface area contributed by atoms with E-state index in [0.717, 1.165) is 11.0 Å². The molecule has 2 aromatic heterocycles. The van der Waals surface area contributed by atoms with Crippen molar-refractivity contribution >= 4 is 17.7 Å². The molecule has 0 saturated heterocycles. The summed E-state index contributed by atoms with van der Waals surface area (Å²) >= 11 is 1.41. The Bertz CT molecular complexity index is 594. The maximum atomic E-state index is 11.3. The summed E-state index contributed by atoms with van der Waals surface area (Å²) in [4.78, 5) is 15.3. The van der Waals surface area contributed by atoms with Gasteiger partial charge in [-0.15, -0.1) is 10.2 Å². The summed E-state index contributed by atoms with van der Waals surface area (Å²) < 4.78 is 6.71. The minimum Gasteiger partial charge on any atom is -0.351 e. The zero-order chi connectivity index (χ0) is 14.5. The quantitative estimate of drug-likeness (QED) is 0.674. The molecule has 0 spiro atoms. The molecule has 2 aromatic rings. The molecule has 0 aromatic carbocycles. The SMILES string of the molecule is CNC(=O)c1nc(CSc2nnc(CCN)n2C)no1. The predicted molar refractivity (Wildman–Crippen MR) is 71.0 cm³/mol. The zero-order valence-corrected chi connectivity index (χ0v) is 12.0. The van der Waals surface area contributed by atoms with Crippen molar-refractivity contribution in [3.8, 4) is 0 Å². The third-order valence-corrected chi connectivity index (χ3v) is 3.53. The van der Waals surface area contributed by atoms with Crippen LogP contribution in [0.15, 0.2) is 9.68 Å². The molecule has 1 amide bonds. The fraction of sp³-hybridized carbons (Fsp3) is 0.500. The van der Waals surface area contributed by atoms with Gasteiger partial charge in [-0.1, -0.05) is 16.9 Å². The van der Waals surface area contributed by atoms with Crippen LogP contribution in [0.25, 0.3) is 0 Å². The van der Waals surface area contributed by atoms with Crippen LogP contribution in [0.5, 0.6) is 0 Å². The monoisotopic (exact) mass is 297 g/mol. The van der Waals surface area contributed by atoms with Crippen LogP contribution in [0.3, 0.4) is 0 Å². The number of nitrogens with one attached hydrogen (secondary N) is 1. The summed E-state index contributed by atoms with van der Waals surface area (Å²) in [7, 11) is 3.37. The number of thioether (sulfide) groups is 1. The van der Waals surface area contributed by atoms with E-state index in [1.807, 2.05) is 11.6 Å². The van der Waals surface area contributed by atoms with Gasteiger partial charge in [-0.05, 0) is 6.54 Å². The number of rotatable bonds is 6. The molecule has 0 aliphatic heterocycles. The van der Waals surface area contributed by atoms with Crippen molar-refractivity contribution in [3.05, 3.63) is 17.5 Å². The summed E-state index contributed by atoms with van der Waals surface area (Å²) in [5.41, 5.74) is 5.49. The van der Waals surface area contributed by atoms with E-state index in [1.165, 1.54) is 18.8 Å². The van der Waals surface area contributed by atoms with Crippen LogP contribution < -0.4 is 11.1 Å². The average Bonchev–Trinajstić information content (AvgIpc) is 3.05. The van der Waals surface area contributed by atoms with Gasteiger partial charge in [0, 0.05) is 20.5 Å². The van der Waals surface area contributed by atoms with Gasteiger partial charge in [-0.25, -0.2) is 0 Å². The Kier molecular flexibility index (Phi) is 4.69. The highest BCUT2D eigenvalue weighted by Gasteiger charge is 2.15. The Labute approximate surface area is 119 Å². The van der Waals surface area contributed by atoms with Crippen LogP contribution in [-0.4, -0.2) is 44.4 Å². The van der Waals surface area contributed by atoms with E-state index in [-0.39, 0.29) is 5.89 Å². The van der Waals surface area contributed by atoms with Gasteiger partial charge in [-0.3, -0.25) is 4.79 Å². The lowest BCUT2D eigenvalue weighted by atomic mass is 10.4. The lowest BCUT2D eigenvalue weighted by molar-refractivity contribution is 0.0919. The molecule has 2 rings (SSSR count). The topological polar surface area (TPSA) is 125 Å². The van der Waals surface area contributed by atoms with Gasteiger partial charge in [-0.2, -0.15) is 4.98 Å². The van der Waals surface area contributed by atoms with Crippen molar-refractivity contribution in [2.24, 2.45) is 12.8 Å². The molecule has 0 aliphatic rings. The lowest BCUT2D eigenvalue weighted by Crippen LogP contribution is -2.18. The molecule has 2 heterocycles. The van der Waals surface area contributed by atoms with Gasteiger partial charge in [0.05, 0.1) is 5.75 Å². The molecule has 3 N–H and O–H groups in total. The van der Waals surface area contributed by atoms with E-state index in [4.69, 9.17) is 10.3 Å². The Balaban J connectivity index is 1.98. The molecule has 20 heavy (non-hydrogen) atoms. The first-order valence-corrected chi connectivity index (χ1v) is 6.90. The lowest BCUT2D eigenvalue weighted by Gasteiger charge is -2.00. The van der Waals surface area contributed by atoms with Gasteiger partial charge < -0.3 is 20.1 Å². The van der Waals surface area contributed by atoms with E-state index < -0.39 is 5.91 Å². The smallest absolute Gasteiger partial charge is 0.315 e. The van der Waals surface area contributed by atoms with Crippen molar-refractivity contribution in [1.82, 2.24) is 30.2 Å². The molecule has 0 saturated carbocycles. The van der Waals surface area contributed by atoms with E-state index in [2.05, 4.69) is 25.7 Å². The Hall–Kier alpha value is -1.94. The molecule has 0 fully saturated rings. The number of hydrogen-bond acceptors (Lipinski definition) is 8. The number of aromatic nitrogens is 5. The maximum absolute atomic E-state index is 11.3. The molecule has 10 heteroatoms. The van der Waals surface area contributed by atoms with Crippen LogP contribution in [-0.2, 0) is 19.2 Å². The van der Waals surface area contributed by atoms with Gasteiger partial charge in [0.1, 0.15) is 5.82 Å². The molecule has 108 valence electrons. The molecule has 0 radical (unpaired) electrons. The van der Waals surface area contributed by atoms with Crippen molar-refractivity contribution in [3.63, 3.8) is 0 Å².